The zero-order chi connectivity index (χ0) is 21.2. The third-order valence-electron chi connectivity index (χ3n) is 5.64. The Morgan fingerprint density at radius 2 is 1.84 bits per heavy atom. The molecule has 2 aromatic carbocycles. The molecule has 1 atom stereocenters. The van der Waals surface area contributed by atoms with Crippen LogP contribution in [0.15, 0.2) is 67.0 Å². The van der Waals surface area contributed by atoms with Gasteiger partial charge >= 0.3 is 0 Å². The van der Waals surface area contributed by atoms with Gasteiger partial charge in [-0.1, -0.05) is 18.2 Å². The summed E-state index contributed by atoms with van der Waals surface area (Å²) in [7, 11) is 0. The molecule has 154 valence electrons. The van der Waals surface area contributed by atoms with Crippen LogP contribution in [0.1, 0.15) is 24.6 Å². The number of fused-ring (bicyclic) bond motifs is 1. The van der Waals surface area contributed by atoms with Crippen LogP contribution in [0.2, 0.25) is 0 Å². The van der Waals surface area contributed by atoms with E-state index in [1.54, 1.807) is 11.1 Å². The molecule has 1 saturated heterocycles. The molecule has 3 heterocycles. The molecule has 2 N–H and O–H groups in total. The fourth-order valence-corrected chi connectivity index (χ4v) is 4.16. The number of aromatic nitrogens is 3. The summed E-state index contributed by atoms with van der Waals surface area (Å²) >= 11 is 0. The molecule has 5 rings (SSSR count). The molecule has 1 aliphatic heterocycles. The van der Waals surface area contributed by atoms with Crippen LogP contribution in [0.5, 0.6) is 11.5 Å². The number of imidazole rings is 1. The van der Waals surface area contributed by atoms with Gasteiger partial charge in [0.15, 0.2) is 6.19 Å². The number of para-hydroxylation sites is 1. The highest BCUT2D eigenvalue weighted by Crippen LogP contribution is 2.34. The van der Waals surface area contributed by atoms with Gasteiger partial charge in [-0.15, -0.1) is 0 Å². The molecule has 4 aromatic rings. The van der Waals surface area contributed by atoms with Crippen molar-refractivity contribution < 1.29 is 4.74 Å². The van der Waals surface area contributed by atoms with Gasteiger partial charge in [0.25, 0.3) is 0 Å². The van der Waals surface area contributed by atoms with Crippen LogP contribution >= 0.6 is 0 Å². The first-order chi connectivity index (χ1) is 15.2. The zero-order valence-electron chi connectivity index (χ0n) is 17.0. The van der Waals surface area contributed by atoms with E-state index < -0.39 is 0 Å². The predicted molar refractivity (Wildman–Crippen MR) is 119 cm³/mol. The van der Waals surface area contributed by atoms with Crippen molar-refractivity contribution >= 4 is 11.3 Å². The molecule has 1 fully saturated rings. The highest BCUT2D eigenvalue weighted by Gasteiger charge is 2.26. The molecule has 0 spiro atoms. The van der Waals surface area contributed by atoms with Crippen molar-refractivity contribution in [3.63, 3.8) is 0 Å². The minimum Gasteiger partial charge on any atom is -0.457 e. The standard InChI is InChI=1S/C24H22N6O/c25-16-29-13-4-5-18(15-29)24-28-21(22-23(26)27-12-14-30(22)24)17-8-10-20(11-9-17)31-19-6-2-1-3-7-19/h1-3,6-12,14,18H,4-5,13,15H2,(H2,26,27). The second-order valence-corrected chi connectivity index (χ2v) is 7.67. The molecule has 0 radical (unpaired) electrons. The Morgan fingerprint density at radius 3 is 2.61 bits per heavy atom. The number of hydrogen-bond donors (Lipinski definition) is 1. The Morgan fingerprint density at radius 1 is 1.06 bits per heavy atom. The molecule has 7 heteroatoms. The maximum atomic E-state index is 9.33. The molecule has 0 amide bonds. The van der Waals surface area contributed by atoms with Gasteiger partial charge in [0.1, 0.15) is 34.4 Å². The summed E-state index contributed by atoms with van der Waals surface area (Å²) in [5.41, 5.74) is 8.79. The second kappa shape index (κ2) is 8.00. The summed E-state index contributed by atoms with van der Waals surface area (Å²) in [6.07, 6.45) is 7.82. The first-order valence-corrected chi connectivity index (χ1v) is 10.3. The number of hydrogen-bond acceptors (Lipinski definition) is 6. The lowest BCUT2D eigenvalue weighted by Crippen LogP contribution is -2.31. The molecule has 0 bridgehead atoms. The topological polar surface area (TPSA) is 92.5 Å². The Hall–Kier alpha value is -4.05. The number of ether oxygens (including phenoxy) is 1. The van der Waals surface area contributed by atoms with Gasteiger partial charge in [-0.25, -0.2) is 9.97 Å². The number of nitrogens with two attached hydrogens (primary N) is 1. The lowest BCUT2D eigenvalue weighted by atomic mass is 9.98. The zero-order valence-corrected chi connectivity index (χ0v) is 17.0. The van der Waals surface area contributed by atoms with Crippen LogP contribution in [0.4, 0.5) is 5.82 Å². The number of nitrogen functional groups attached to an aromatic ring is 1. The van der Waals surface area contributed by atoms with Crippen molar-refractivity contribution in [2.45, 2.75) is 18.8 Å². The molecule has 7 nitrogen and oxygen atoms in total. The fraction of sp³-hybridized carbons (Fsp3) is 0.208. The largest absolute Gasteiger partial charge is 0.457 e. The van der Waals surface area contributed by atoms with Crippen LogP contribution in [-0.2, 0) is 0 Å². The van der Waals surface area contributed by atoms with Crippen LogP contribution < -0.4 is 10.5 Å². The summed E-state index contributed by atoms with van der Waals surface area (Å²) < 4.78 is 7.93. The average Bonchev–Trinajstić information content (AvgIpc) is 3.21. The van der Waals surface area contributed by atoms with E-state index in [1.165, 1.54) is 0 Å². The van der Waals surface area contributed by atoms with Gasteiger partial charge < -0.3 is 15.4 Å². The highest BCUT2D eigenvalue weighted by atomic mass is 16.5. The van der Waals surface area contributed by atoms with E-state index in [-0.39, 0.29) is 5.92 Å². The Bertz CT molecular complexity index is 1240. The van der Waals surface area contributed by atoms with Crippen LogP contribution in [0.25, 0.3) is 16.8 Å². The number of nitrogens with zero attached hydrogens (tertiary/aromatic N) is 5. The summed E-state index contributed by atoms with van der Waals surface area (Å²) in [4.78, 5) is 11.1. The monoisotopic (exact) mass is 410 g/mol. The summed E-state index contributed by atoms with van der Waals surface area (Å²) in [6.45, 7) is 1.47. The highest BCUT2D eigenvalue weighted by molar-refractivity contribution is 5.85. The van der Waals surface area contributed by atoms with E-state index in [1.807, 2.05) is 65.2 Å². The van der Waals surface area contributed by atoms with Gasteiger partial charge in [0, 0.05) is 37.0 Å². The van der Waals surface area contributed by atoms with Crippen LogP contribution in [0, 0.1) is 11.5 Å². The molecule has 1 unspecified atom stereocenters. The van der Waals surface area contributed by atoms with Crippen LogP contribution in [0.3, 0.4) is 0 Å². The number of piperidine rings is 1. The van der Waals surface area contributed by atoms with Gasteiger partial charge in [-0.3, -0.25) is 4.40 Å². The van der Waals surface area contributed by atoms with Gasteiger partial charge in [-0.2, -0.15) is 5.26 Å². The first-order valence-electron chi connectivity index (χ1n) is 10.3. The number of anilines is 1. The number of benzene rings is 2. The molecule has 2 aromatic heterocycles. The first kappa shape index (κ1) is 18.9. The third kappa shape index (κ3) is 3.64. The Labute approximate surface area is 180 Å². The number of likely N-dealkylation sites (tertiary alicyclic amines) is 1. The molecule has 0 saturated carbocycles. The Kier molecular flexibility index (Phi) is 4.89. The quantitative estimate of drug-likeness (QED) is 0.500. The molecule has 31 heavy (non-hydrogen) atoms. The molecule has 0 aliphatic carbocycles. The van der Waals surface area contributed by atoms with E-state index >= 15 is 0 Å². The third-order valence-corrected chi connectivity index (χ3v) is 5.64. The smallest absolute Gasteiger partial charge is 0.179 e. The van der Waals surface area contributed by atoms with E-state index in [4.69, 9.17) is 15.5 Å². The SMILES string of the molecule is N#CN1CCCC(c2nc(-c3ccc(Oc4ccccc4)cc3)c3c(N)nccn23)C1. The van der Waals surface area contributed by atoms with E-state index in [0.717, 1.165) is 53.5 Å². The average molecular weight is 410 g/mol. The van der Waals surface area contributed by atoms with Crippen molar-refractivity contribution in [1.82, 2.24) is 19.3 Å². The molecular weight excluding hydrogens is 388 g/mol. The van der Waals surface area contributed by atoms with E-state index in [0.29, 0.717) is 12.4 Å². The van der Waals surface area contributed by atoms with Crippen molar-refractivity contribution in [3.05, 3.63) is 72.8 Å². The second-order valence-electron chi connectivity index (χ2n) is 7.67. The van der Waals surface area contributed by atoms with Crippen molar-refractivity contribution in [2.75, 3.05) is 18.8 Å². The van der Waals surface area contributed by atoms with Crippen molar-refractivity contribution in [1.29, 1.82) is 5.26 Å². The number of nitriles is 1. The summed E-state index contributed by atoms with van der Waals surface area (Å²) in [5, 5.41) is 9.33. The van der Waals surface area contributed by atoms with Gasteiger partial charge in [0.05, 0.1) is 0 Å². The maximum Gasteiger partial charge on any atom is 0.179 e. The maximum absolute atomic E-state index is 9.33. The molecular formula is C24H22N6O. The number of rotatable bonds is 4. The fourth-order valence-electron chi connectivity index (χ4n) is 4.16. The molecule has 1 aliphatic rings. The lowest BCUT2D eigenvalue weighted by molar-refractivity contribution is 0.284. The minimum absolute atomic E-state index is 0.164. The van der Waals surface area contributed by atoms with Crippen molar-refractivity contribution in [3.8, 4) is 28.9 Å². The van der Waals surface area contributed by atoms with E-state index in [2.05, 4.69) is 11.2 Å². The summed E-state index contributed by atoms with van der Waals surface area (Å²) in [6, 6.07) is 17.5. The van der Waals surface area contributed by atoms with E-state index in [9.17, 15) is 5.26 Å². The normalized spacial score (nSPS) is 16.2. The predicted octanol–water partition coefficient (Wildman–Crippen LogP) is 4.43. The Balaban J connectivity index is 1.52. The van der Waals surface area contributed by atoms with Gasteiger partial charge in [-0.05, 0) is 49.2 Å². The van der Waals surface area contributed by atoms with Gasteiger partial charge in [0.2, 0.25) is 0 Å². The van der Waals surface area contributed by atoms with Crippen molar-refractivity contribution in [2.24, 2.45) is 0 Å². The summed E-state index contributed by atoms with van der Waals surface area (Å²) in [5.74, 6) is 3.06. The lowest BCUT2D eigenvalue weighted by Gasteiger charge is -2.27. The minimum atomic E-state index is 0.164. The van der Waals surface area contributed by atoms with Crippen LogP contribution in [-0.4, -0.2) is 32.4 Å².